The van der Waals surface area contributed by atoms with Crippen molar-refractivity contribution in [3.8, 4) is 0 Å². The van der Waals surface area contributed by atoms with Crippen molar-refractivity contribution < 1.29 is 4.79 Å². The third kappa shape index (κ3) is 4.44. The van der Waals surface area contributed by atoms with E-state index in [1.54, 1.807) is 11.3 Å². The Labute approximate surface area is 125 Å². The fraction of sp³-hybridized carbons (Fsp3) is 0.692. The van der Waals surface area contributed by atoms with Crippen LogP contribution in [0.15, 0.2) is 5.38 Å². The summed E-state index contributed by atoms with van der Waals surface area (Å²) in [6.07, 6.45) is 0. The second kappa shape index (κ2) is 7.22. The lowest BCUT2D eigenvalue weighted by atomic mass is 10.1. The summed E-state index contributed by atoms with van der Waals surface area (Å²) in [4.78, 5) is 20.7. The van der Waals surface area contributed by atoms with Gasteiger partial charge in [-0.1, -0.05) is 13.8 Å². The van der Waals surface area contributed by atoms with Gasteiger partial charge in [0.05, 0.1) is 6.54 Å². The molecule has 1 aliphatic rings. The van der Waals surface area contributed by atoms with Crippen LogP contribution in [-0.4, -0.2) is 46.9 Å². The van der Waals surface area contributed by atoms with Gasteiger partial charge in [0.25, 0.3) is 0 Å². The van der Waals surface area contributed by atoms with E-state index in [2.05, 4.69) is 15.3 Å². The molecule has 0 atom stereocenters. The molecule has 0 aromatic carbocycles. The van der Waals surface area contributed by atoms with E-state index >= 15 is 0 Å². The average molecular weight is 304 g/mol. The molecule has 108 valence electrons. The molecule has 1 aromatic heterocycles. The highest BCUT2D eigenvalue weighted by Gasteiger charge is 2.23. The van der Waals surface area contributed by atoms with Crippen molar-refractivity contribution in [3.05, 3.63) is 16.1 Å². The van der Waals surface area contributed by atoms with Crippen LogP contribution in [0.3, 0.4) is 0 Å². The Kier molecular flexibility index (Phi) is 6.23. The Bertz CT molecular complexity index is 414. The van der Waals surface area contributed by atoms with Crippen molar-refractivity contribution in [2.24, 2.45) is 5.92 Å². The average Bonchev–Trinajstić information content (AvgIpc) is 2.75. The number of halogens is 1. The highest BCUT2D eigenvalue weighted by Crippen LogP contribution is 2.14. The molecule has 4 nitrogen and oxygen atoms in total. The number of hydrogen-bond donors (Lipinski definition) is 0. The summed E-state index contributed by atoms with van der Waals surface area (Å²) in [6, 6.07) is 0. The third-order valence-corrected chi connectivity index (χ3v) is 4.15. The van der Waals surface area contributed by atoms with Crippen LogP contribution < -0.4 is 0 Å². The van der Waals surface area contributed by atoms with Gasteiger partial charge in [-0.25, -0.2) is 4.98 Å². The quantitative estimate of drug-likeness (QED) is 0.859. The van der Waals surface area contributed by atoms with E-state index in [0.29, 0.717) is 0 Å². The molecule has 1 saturated heterocycles. The molecular weight excluding hydrogens is 282 g/mol. The topological polar surface area (TPSA) is 36.4 Å². The number of piperazine rings is 1. The molecule has 1 aliphatic heterocycles. The molecule has 1 amide bonds. The zero-order chi connectivity index (χ0) is 13.1. The number of carbonyl (C=O) groups is 1. The molecule has 1 aromatic rings. The van der Waals surface area contributed by atoms with E-state index < -0.39 is 0 Å². The molecule has 0 spiro atoms. The Morgan fingerprint density at radius 1 is 1.37 bits per heavy atom. The highest BCUT2D eigenvalue weighted by atomic mass is 35.5. The van der Waals surface area contributed by atoms with Gasteiger partial charge in [0.15, 0.2) is 0 Å². The number of amides is 1. The van der Waals surface area contributed by atoms with E-state index in [4.69, 9.17) is 0 Å². The van der Waals surface area contributed by atoms with Crippen molar-refractivity contribution in [3.63, 3.8) is 0 Å². The Balaban J connectivity index is 0.00000180. The molecule has 0 aliphatic carbocycles. The van der Waals surface area contributed by atoms with E-state index in [1.807, 2.05) is 25.7 Å². The number of nitrogens with zero attached hydrogens (tertiary/aromatic N) is 3. The fourth-order valence-electron chi connectivity index (χ4n) is 2.16. The second-order valence-electron chi connectivity index (χ2n) is 5.14. The van der Waals surface area contributed by atoms with Crippen LogP contribution in [0.25, 0.3) is 0 Å². The molecule has 19 heavy (non-hydrogen) atoms. The number of carbonyl (C=O) groups excluding carboxylic acids is 1. The Hall–Kier alpha value is -0.650. The van der Waals surface area contributed by atoms with Crippen LogP contribution in [-0.2, 0) is 11.3 Å². The van der Waals surface area contributed by atoms with Crippen molar-refractivity contribution in [1.82, 2.24) is 14.8 Å². The molecule has 0 radical (unpaired) electrons. The summed E-state index contributed by atoms with van der Waals surface area (Å²) < 4.78 is 0. The minimum Gasteiger partial charge on any atom is -0.340 e. The van der Waals surface area contributed by atoms with Crippen LogP contribution in [0.4, 0.5) is 0 Å². The monoisotopic (exact) mass is 303 g/mol. The van der Waals surface area contributed by atoms with Gasteiger partial charge >= 0.3 is 0 Å². The number of hydrogen-bond acceptors (Lipinski definition) is 4. The van der Waals surface area contributed by atoms with Crippen LogP contribution in [0.5, 0.6) is 0 Å². The van der Waals surface area contributed by atoms with Gasteiger partial charge in [-0.05, 0) is 6.92 Å². The second-order valence-corrected chi connectivity index (χ2v) is 6.08. The molecule has 1 fully saturated rings. The standard InChI is InChI=1S/C13H21N3OS.ClH/c1-10(2)13(17)16-6-4-15(5-7-16)8-12-14-11(3)9-18-12;/h9-10H,4-8H2,1-3H3;1H. The largest absolute Gasteiger partial charge is 0.340 e. The van der Waals surface area contributed by atoms with Crippen LogP contribution >= 0.6 is 23.7 Å². The maximum Gasteiger partial charge on any atom is 0.225 e. The summed E-state index contributed by atoms with van der Waals surface area (Å²) >= 11 is 1.72. The summed E-state index contributed by atoms with van der Waals surface area (Å²) in [5, 5.41) is 3.27. The van der Waals surface area contributed by atoms with Gasteiger partial charge in [0, 0.05) is 43.2 Å². The smallest absolute Gasteiger partial charge is 0.225 e. The van der Waals surface area contributed by atoms with Gasteiger partial charge < -0.3 is 4.90 Å². The maximum atomic E-state index is 11.9. The Morgan fingerprint density at radius 3 is 2.47 bits per heavy atom. The molecule has 2 rings (SSSR count). The van der Waals surface area contributed by atoms with Gasteiger partial charge in [0.1, 0.15) is 5.01 Å². The third-order valence-electron chi connectivity index (χ3n) is 3.20. The van der Waals surface area contributed by atoms with E-state index in [0.717, 1.165) is 38.4 Å². The Morgan fingerprint density at radius 2 is 2.00 bits per heavy atom. The number of thiazole rings is 1. The molecular formula is C13H22ClN3OS. The van der Waals surface area contributed by atoms with Crippen molar-refractivity contribution in [2.75, 3.05) is 26.2 Å². The highest BCUT2D eigenvalue weighted by molar-refractivity contribution is 7.09. The van der Waals surface area contributed by atoms with Crippen molar-refractivity contribution >= 4 is 29.7 Å². The molecule has 2 heterocycles. The predicted octanol–water partition coefficient (Wildman–Crippen LogP) is 2.17. The summed E-state index contributed by atoms with van der Waals surface area (Å²) in [5.41, 5.74) is 1.10. The number of rotatable bonds is 3. The van der Waals surface area contributed by atoms with E-state index in [9.17, 15) is 4.79 Å². The normalized spacial score (nSPS) is 16.5. The lowest BCUT2D eigenvalue weighted by molar-refractivity contribution is -0.136. The van der Waals surface area contributed by atoms with Crippen LogP contribution in [0.2, 0.25) is 0 Å². The first kappa shape index (κ1) is 16.4. The molecule has 0 saturated carbocycles. The molecule has 0 bridgehead atoms. The minimum atomic E-state index is 0. The lowest BCUT2D eigenvalue weighted by Gasteiger charge is -2.35. The first-order chi connectivity index (χ1) is 8.56. The minimum absolute atomic E-state index is 0. The molecule has 6 heteroatoms. The predicted molar refractivity (Wildman–Crippen MR) is 80.8 cm³/mol. The van der Waals surface area contributed by atoms with Gasteiger partial charge in [-0.2, -0.15) is 0 Å². The van der Waals surface area contributed by atoms with Crippen LogP contribution in [0.1, 0.15) is 24.5 Å². The fourth-order valence-corrected chi connectivity index (χ4v) is 2.97. The summed E-state index contributed by atoms with van der Waals surface area (Å²) in [6.45, 7) is 10.5. The SMILES string of the molecule is Cc1csc(CN2CCN(C(=O)C(C)C)CC2)n1.Cl. The zero-order valence-corrected chi connectivity index (χ0v) is 13.4. The van der Waals surface area contributed by atoms with E-state index in [-0.39, 0.29) is 24.2 Å². The maximum absolute atomic E-state index is 11.9. The summed E-state index contributed by atoms with van der Waals surface area (Å²) in [5.74, 6) is 0.387. The zero-order valence-electron chi connectivity index (χ0n) is 11.8. The van der Waals surface area contributed by atoms with Gasteiger partial charge in [0.2, 0.25) is 5.91 Å². The van der Waals surface area contributed by atoms with Gasteiger partial charge in [-0.15, -0.1) is 23.7 Å². The van der Waals surface area contributed by atoms with Gasteiger partial charge in [-0.3, -0.25) is 9.69 Å². The van der Waals surface area contributed by atoms with Crippen molar-refractivity contribution in [2.45, 2.75) is 27.3 Å². The first-order valence-electron chi connectivity index (χ1n) is 6.48. The van der Waals surface area contributed by atoms with Crippen LogP contribution in [0, 0.1) is 12.8 Å². The summed E-state index contributed by atoms with van der Waals surface area (Å²) in [7, 11) is 0. The van der Waals surface area contributed by atoms with Crippen molar-refractivity contribution in [1.29, 1.82) is 0 Å². The first-order valence-corrected chi connectivity index (χ1v) is 7.36. The molecule has 0 unspecified atom stereocenters. The lowest BCUT2D eigenvalue weighted by Crippen LogP contribution is -2.49. The van der Waals surface area contributed by atoms with E-state index in [1.165, 1.54) is 5.01 Å². The number of aromatic nitrogens is 1. The number of aryl methyl sites for hydroxylation is 1. The molecule has 0 N–H and O–H groups in total.